The molecular weight excluding hydrogens is 238 g/mol. The Morgan fingerprint density at radius 3 is 2.44 bits per heavy atom. The molecule has 1 heterocycles. The highest BCUT2D eigenvalue weighted by molar-refractivity contribution is 7.24. The average Bonchev–Trinajstić information content (AvgIpc) is 2.40. The van der Waals surface area contributed by atoms with Crippen LogP contribution in [0.25, 0.3) is 20.2 Å². The molecule has 0 atom stereocenters. The fourth-order valence-corrected chi connectivity index (χ4v) is 3.12. The Hall–Kier alpha value is -1.54. The van der Waals surface area contributed by atoms with Crippen molar-refractivity contribution in [1.82, 2.24) is 0 Å². The van der Waals surface area contributed by atoms with Crippen LogP contribution in [0.15, 0.2) is 41.2 Å². The first-order valence-electron chi connectivity index (χ1n) is 5.71. The van der Waals surface area contributed by atoms with E-state index in [1.165, 1.54) is 7.17 Å². The van der Waals surface area contributed by atoms with Gasteiger partial charge in [0.05, 0.1) is 7.17 Å². The Morgan fingerprint density at radius 1 is 1.06 bits per heavy atom. The van der Waals surface area contributed by atoms with Gasteiger partial charge in [0.25, 0.3) is 0 Å². The van der Waals surface area contributed by atoms with Crippen LogP contribution in [0, 0.1) is 6.92 Å². The predicted octanol–water partition coefficient (Wildman–Crippen LogP) is 2.14. The zero-order valence-corrected chi connectivity index (χ0v) is 10.8. The molecular formula is C14H9B2OS. The maximum absolute atomic E-state index is 12.5. The summed E-state index contributed by atoms with van der Waals surface area (Å²) in [4.78, 5) is 12.5. The summed E-state index contributed by atoms with van der Waals surface area (Å²) in [6.45, 7) is 2.00. The molecule has 0 amide bonds. The van der Waals surface area contributed by atoms with E-state index >= 15 is 0 Å². The number of fused-ring (bicyclic) bond motifs is 2. The van der Waals surface area contributed by atoms with Crippen LogP contribution in [0.3, 0.4) is 0 Å². The first-order valence-corrected chi connectivity index (χ1v) is 6.53. The molecule has 0 aliphatic carbocycles. The van der Waals surface area contributed by atoms with Crippen LogP contribution in [0.2, 0.25) is 0 Å². The zero-order chi connectivity index (χ0) is 12.7. The number of hydrogen-bond acceptors (Lipinski definition) is 2. The second-order valence-electron chi connectivity index (χ2n) is 4.35. The summed E-state index contributed by atoms with van der Waals surface area (Å²) in [6, 6.07) is 11.7. The molecule has 83 valence electrons. The minimum atomic E-state index is 0.0890. The molecule has 2 aromatic carbocycles. The molecule has 4 heteroatoms. The van der Waals surface area contributed by atoms with Gasteiger partial charge in [0.1, 0.15) is 0 Å². The third kappa shape index (κ3) is 1.77. The molecule has 0 aliphatic heterocycles. The van der Waals surface area contributed by atoms with Gasteiger partial charge in [0, 0.05) is 27.9 Å². The third-order valence-corrected chi connectivity index (χ3v) is 4.19. The predicted molar refractivity (Wildman–Crippen MR) is 81.5 cm³/mol. The molecule has 18 heavy (non-hydrogen) atoms. The summed E-state index contributed by atoms with van der Waals surface area (Å²) in [6.07, 6.45) is 0. The van der Waals surface area contributed by atoms with Crippen LogP contribution < -0.4 is 10.9 Å². The standard InChI is InChI=1S/C14H9B2OS/c1-8-2-4-12-10(6-8)14(17)11-7-9(16-15)3-5-13(11)18-12/h2-7H,1H3. The van der Waals surface area contributed by atoms with E-state index in [1.54, 1.807) is 11.3 Å². The van der Waals surface area contributed by atoms with Gasteiger partial charge in [0.15, 0.2) is 5.43 Å². The van der Waals surface area contributed by atoms with Crippen LogP contribution in [0.5, 0.6) is 0 Å². The fraction of sp³-hybridized carbons (Fsp3) is 0.0714. The molecule has 0 saturated carbocycles. The summed E-state index contributed by atoms with van der Waals surface area (Å²) in [5.41, 5.74) is 2.07. The Morgan fingerprint density at radius 2 is 1.72 bits per heavy atom. The largest absolute Gasteiger partial charge is 0.289 e. The molecule has 0 saturated heterocycles. The van der Waals surface area contributed by atoms with Gasteiger partial charge < -0.3 is 0 Å². The van der Waals surface area contributed by atoms with Crippen LogP contribution >= 0.6 is 11.3 Å². The van der Waals surface area contributed by atoms with E-state index in [4.69, 9.17) is 7.74 Å². The minimum absolute atomic E-state index is 0.0890. The normalized spacial score (nSPS) is 10.9. The SMILES string of the molecule is [B][B]c1ccc2sc3ccc(C)cc3c(=O)c2c1. The van der Waals surface area contributed by atoms with Crippen molar-refractivity contribution in [2.75, 3.05) is 0 Å². The highest BCUT2D eigenvalue weighted by Gasteiger charge is 2.06. The van der Waals surface area contributed by atoms with Crippen molar-refractivity contribution in [1.29, 1.82) is 0 Å². The van der Waals surface area contributed by atoms with Crippen molar-refractivity contribution in [3.8, 4) is 0 Å². The smallest absolute Gasteiger partial charge is 0.195 e. The quantitative estimate of drug-likeness (QED) is 0.475. The van der Waals surface area contributed by atoms with E-state index in [2.05, 4.69) is 0 Å². The van der Waals surface area contributed by atoms with E-state index in [0.717, 1.165) is 31.2 Å². The molecule has 0 spiro atoms. The molecule has 3 rings (SSSR count). The molecule has 0 aliphatic rings. The van der Waals surface area contributed by atoms with E-state index in [0.29, 0.717) is 0 Å². The van der Waals surface area contributed by atoms with E-state index in [9.17, 15) is 4.79 Å². The van der Waals surface area contributed by atoms with Gasteiger partial charge in [-0.05, 0) is 25.1 Å². The first kappa shape index (κ1) is 11.5. The molecule has 0 fully saturated rings. The van der Waals surface area contributed by atoms with Gasteiger partial charge in [-0.2, -0.15) is 0 Å². The van der Waals surface area contributed by atoms with Gasteiger partial charge in [-0.25, -0.2) is 0 Å². The van der Waals surface area contributed by atoms with Gasteiger partial charge in [0.2, 0.25) is 0 Å². The molecule has 0 unspecified atom stereocenters. The maximum atomic E-state index is 12.5. The average molecular weight is 247 g/mol. The third-order valence-electron chi connectivity index (χ3n) is 3.04. The van der Waals surface area contributed by atoms with Crippen LogP contribution in [-0.4, -0.2) is 14.9 Å². The highest BCUT2D eigenvalue weighted by Crippen LogP contribution is 2.24. The van der Waals surface area contributed by atoms with Crippen molar-refractivity contribution in [2.24, 2.45) is 0 Å². The van der Waals surface area contributed by atoms with E-state index in [-0.39, 0.29) is 5.43 Å². The Bertz CT molecular complexity index is 808. The second-order valence-corrected chi connectivity index (χ2v) is 5.44. The van der Waals surface area contributed by atoms with Gasteiger partial charge in [-0.15, -0.1) is 11.3 Å². The van der Waals surface area contributed by atoms with Gasteiger partial charge in [-0.1, -0.05) is 29.2 Å². The lowest BCUT2D eigenvalue weighted by atomic mass is 9.51. The Balaban J connectivity index is 2.49. The topological polar surface area (TPSA) is 17.1 Å². The summed E-state index contributed by atoms with van der Waals surface area (Å²) >= 11 is 1.64. The maximum Gasteiger partial charge on any atom is 0.195 e. The first-order chi connectivity index (χ1) is 8.69. The summed E-state index contributed by atoms with van der Waals surface area (Å²) in [7, 11) is 7.02. The van der Waals surface area contributed by atoms with Crippen molar-refractivity contribution < 1.29 is 0 Å². The monoisotopic (exact) mass is 247 g/mol. The molecule has 0 bridgehead atoms. The lowest BCUT2D eigenvalue weighted by Crippen LogP contribution is -2.15. The number of hydrogen-bond donors (Lipinski definition) is 0. The second kappa shape index (κ2) is 4.29. The molecule has 1 aromatic heterocycles. The zero-order valence-electron chi connectivity index (χ0n) is 9.94. The highest BCUT2D eigenvalue weighted by atomic mass is 32.1. The molecule has 3 radical (unpaired) electrons. The lowest BCUT2D eigenvalue weighted by Gasteiger charge is -2.03. The van der Waals surface area contributed by atoms with E-state index in [1.807, 2.05) is 43.3 Å². The van der Waals surface area contributed by atoms with Crippen molar-refractivity contribution >= 4 is 51.9 Å². The number of aryl methyl sites for hydroxylation is 1. The summed E-state index contributed by atoms with van der Waals surface area (Å²) in [5, 5.41) is 1.54. The van der Waals surface area contributed by atoms with Crippen molar-refractivity contribution in [3.05, 3.63) is 52.2 Å². The van der Waals surface area contributed by atoms with Crippen molar-refractivity contribution in [3.63, 3.8) is 0 Å². The summed E-state index contributed by atoms with van der Waals surface area (Å²) in [5.74, 6) is 0. The van der Waals surface area contributed by atoms with Crippen LogP contribution in [0.1, 0.15) is 5.56 Å². The number of rotatable bonds is 1. The summed E-state index contributed by atoms with van der Waals surface area (Å²) < 4.78 is 2.03. The Kier molecular flexibility index (Phi) is 2.75. The fourth-order valence-electron chi connectivity index (χ4n) is 2.09. The van der Waals surface area contributed by atoms with Crippen molar-refractivity contribution in [2.45, 2.75) is 6.92 Å². The van der Waals surface area contributed by atoms with Gasteiger partial charge in [-0.3, -0.25) is 4.79 Å². The minimum Gasteiger partial charge on any atom is -0.289 e. The lowest BCUT2D eigenvalue weighted by molar-refractivity contribution is 1.51. The molecule has 3 aromatic rings. The van der Waals surface area contributed by atoms with E-state index < -0.39 is 0 Å². The number of benzene rings is 2. The van der Waals surface area contributed by atoms with Crippen LogP contribution in [-0.2, 0) is 0 Å². The molecule has 1 nitrogen and oxygen atoms in total. The van der Waals surface area contributed by atoms with Crippen LogP contribution in [0.4, 0.5) is 0 Å². The molecule has 0 N–H and O–H groups in total. The Labute approximate surface area is 111 Å². The van der Waals surface area contributed by atoms with Gasteiger partial charge >= 0.3 is 0 Å².